The summed E-state index contributed by atoms with van der Waals surface area (Å²) >= 11 is 0. The van der Waals surface area contributed by atoms with Gasteiger partial charge in [0.1, 0.15) is 0 Å². The second kappa shape index (κ2) is 7.72. The highest BCUT2D eigenvalue weighted by molar-refractivity contribution is 5.94. The van der Waals surface area contributed by atoms with Crippen molar-refractivity contribution in [1.82, 2.24) is 25.0 Å². The Labute approximate surface area is 188 Å². The van der Waals surface area contributed by atoms with Crippen molar-refractivity contribution in [3.8, 4) is 0 Å². The zero-order chi connectivity index (χ0) is 24.2. The van der Waals surface area contributed by atoms with Crippen LogP contribution in [0.15, 0.2) is 24.2 Å². The molecule has 4 rings (SSSR count). The molecule has 1 atom stereocenters. The Morgan fingerprint density at radius 1 is 1.33 bits per heavy atom. The predicted molar refractivity (Wildman–Crippen MR) is 115 cm³/mol. The van der Waals surface area contributed by atoms with Gasteiger partial charge in [0.25, 0.3) is 0 Å². The zero-order valence-electron chi connectivity index (χ0n) is 18.3. The smallest absolute Gasteiger partial charge is 0.395 e. The molecule has 2 aliphatic rings. The van der Waals surface area contributed by atoms with Gasteiger partial charge in [-0.1, -0.05) is 0 Å². The second-order valence-corrected chi connectivity index (χ2v) is 9.05. The molecule has 2 fully saturated rings. The fraction of sp³-hybridized carbons (Fsp3) is 0.524. The van der Waals surface area contributed by atoms with E-state index in [4.69, 9.17) is 11.1 Å². The minimum Gasteiger partial charge on any atom is -0.395 e. The second-order valence-electron chi connectivity index (χ2n) is 9.05. The molecule has 0 aromatic carbocycles. The molecule has 1 aliphatic carbocycles. The van der Waals surface area contributed by atoms with Crippen molar-refractivity contribution in [2.75, 3.05) is 6.54 Å². The number of likely N-dealkylation sites (tertiary alicyclic amines) is 1. The number of rotatable bonds is 4. The number of amides is 2. The van der Waals surface area contributed by atoms with Gasteiger partial charge in [0.05, 0.1) is 28.8 Å². The lowest BCUT2D eigenvalue weighted by Crippen LogP contribution is -2.61. The van der Waals surface area contributed by atoms with E-state index in [2.05, 4.69) is 15.4 Å². The Kier molecular flexibility index (Phi) is 5.38. The molecule has 0 radical (unpaired) electrons. The first-order valence-corrected chi connectivity index (χ1v) is 10.6. The number of urea groups is 1. The first kappa shape index (κ1) is 23.0. The van der Waals surface area contributed by atoms with E-state index >= 15 is 0 Å². The lowest BCUT2D eigenvalue weighted by molar-refractivity contribution is -0.277. The lowest BCUT2D eigenvalue weighted by atomic mass is 9.84. The topological polar surface area (TPSA) is 133 Å². The number of nitrogens with zero attached hydrogens (tertiary/aromatic N) is 4. The maximum Gasteiger partial charge on any atom is 0.417 e. The van der Waals surface area contributed by atoms with Crippen LogP contribution in [0.25, 0.3) is 16.6 Å². The van der Waals surface area contributed by atoms with Crippen LogP contribution in [0.3, 0.4) is 0 Å². The van der Waals surface area contributed by atoms with Crippen molar-refractivity contribution in [3.63, 3.8) is 0 Å². The van der Waals surface area contributed by atoms with Crippen LogP contribution in [0.2, 0.25) is 0 Å². The third-order valence-electron chi connectivity index (χ3n) is 6.46. The summed E-state index contributed by atoms with van der Waals surface area (Å²) < 4.78 is 41.7. The van der Waals surface area contributed by atoms with Gasteiger partial charge >= 0.3 is 12.2 Å². The van der Waals surface area contributed by atoms with Gasteiger partial charge in [0.15, 0.2) is 5.60 Å². The number of fused-ring (bicyclic) bond motifs is 1. The van der Waals surface area contributed by atoms with E-state index in [0.29, 0.717) is 18.5 Å². The molecular formula is C21H26F3N7O2. The number of allylic oxidation sites excluding steroid dienone is 1. The molecule has 12 heteroatoms. The predicted octanol–water partition coefficient (Wildman–Crippen LogP) is 2.92. The van der Waals surface area contributed by atoms with Crippen LogP contribution >= 0.6 is 0 Å². The maximum absolute atomic E-state index is 13.3. The average molecular weight is 465 g/mol. The Hall–Kier alpha value is -3.15. The minimum absolute atomic E-state index is 0.0186. The number of piperidine rings is 1. The molecule has 1 saturated heterocycles. The number of nitrogens with two attached hydrogens (primary N) is 1. The minimum atomic E-state index is -4.76. The molecule has 3 heterocycles. The molecule has 1 aliphatic heterocycles. The van der Waals surface area contributed by atoms with Gasteiger partial charge < -0.3 is 26.5 Å². The highest BCUT2D eigenvalue weighted by Gasteiger charge is 2.65. The normalized spacial score (nSPS) is 23.1. The number of halogens is 3. The Morgan fingerprint density at radius 3 is 2.61 bits per heavy atom. The molecule has 0 bridgehead atoms. The van der Waals surface area contributed by atoms with Gasteiger partial charge in [-0.15, -0.1) is 0 Å². The number of hydrogen-bond donors (Lipinski definition) is 4. The number of nitrogens with one attached hydrogen (secondary N) is 2. The van der Waals surface area contributed by atoms with E-state index in [1.54, 1.807) is 23.1 Å². The standard InChI is InChI=1S/C21H26F3N7O2/c1-12(2)31-16-7-14(27-9-13(16)10-28-31)17(26)15(8-25)29-18(32)30-6-5-20(33,21(22,23)24)11-19(30)3-4-19/h7-10,12,25,33H,3-6,11,26H2,1-2H3,(H,29,32)/b17-15+,25-8?. The van der Waals surface area contributed by atoms with Gasteiger partial charge in [-0.05, 0) is 32.8 Å². The Morgan fingerprint density at radius 2 is 2.03 bits per heavy atom. The number of aromatic nitrogens is 3. The summed E-state index contributed by atoms with van der Waals surface area (Å²) in [5, 5.41) is 25.5. The molecular weight excluding hydrogens is 439 g/mol. The molecule has 2 amide bonds. The van der Waals surface area contributed by atoms with Crippen molar-refractivity contribution < 1.29 is 23.1 Å². The summed E-state index contributed by atoms with van der Waals surface area (Å²) in [5.41, 5.74) is 3.50. The van der Waals surface area contributed by atoms with Crippen molar-refractivity contribution in [2.24, 2.45) is 5.73 Å². The van der Waals surface area contributed by atoms with Crippen LogP contribution in [-0.4, -0.2) is 60.9 Å². The summed E-state index contributed by atoms with van der Waals surface area (Å²) in [5.74, 6) is 0. The first-order valence-electron chi connectivity index (χ1n) is 10.6. The van der Waals surface area contributed by atoms with Gasteiger partial charge in [-0.2, -0.15) is 18.3 Å². The molecule has 1 saturated carbocycles. The Balaban J connectivity index is 1.58. The van der Waals surface area contributed by atoms with Gasteiger partial charge in [0, 0.05) is 48.8 Å². The third-order valence-corrected chi connectivity index (χ3v) is 6.46. The third kappa shape index (κ3) is 3.92. The molecule has 178 valence electrons. The monoisotopic (exact) mass is 465 g/mol. The summed E-state index contributed by atoms with van der Waals surface area (Å²) in [6, 6.07) is 1.14. The van der Waals surface area contributed by atoms with E-state index < -0.39 is 36.2 Å². The summed E-state index contributed by atoms with van der Waals surface area (Å²) in [7, 11) is 0. The number of carbonyl (C=O) groups excluding carboxylic acids is 1. The van der Waals surface area contributed by atoms with Crippen molar-refractivity contribution in [1.29, 1.82) is 5.41 Å². The van der Waals surface area contributed by atoms with Crippen molar-refractivity contribution in [2.45, 2.75) is 62.9 Å². The number of hydrogen-bond acceptors (Lipinski definition) is 6. The molecule has 9 nitrogen and oxygen atoms in total. The van der Waals surface area contributed by atoms with Crippen LogP contribution in [-0.2, 0) is 0 Å². The molecule has 1 unspecified atom stereocenters. The number of aliphatic hydroxyl groups is 1. The van der Waals surface area contributed by atoms with E-state index in [-0.39, 0.29) is 24.0 Å². The molecule has 5 N–H and O–H groups in total. The maximum atomic E-state index is 13.3. The number of pyridine rings is 1. The molecule has 1 spiro atoms. The highest BCUT2D eigenvalue weighted by atomic mass is 19.4. The Bertz CT molecular complexity index is 1140. The first-order chi connectivity index (χ1) is 15.4. The number of alkyl halides is 3. The van der Waals surface area contributed by atoms with Crippen LogP contribution < -0.4 is 11.1 Å². The molecule has 2 aromatic rings. The lowest BCUT2D eigenvalue weighted by Gasteiger charge is -2.45. The van der Waals surface area contributed by atoms with Crippen LogP contribution in [0.4, 0.5) is 18.0 Å². The number of carbonyl (C=O) groups is 1. The molecule has 33 heavy (non-hydrogen) atoms. The average Bonchev–Trinajstić information content (AvgIpc) is 3.35. The van der Waals surface area contributed by atoms with Crippen molar-refractivity contribution in [3.05, 3.63) is 29.9 Å². The van der Waals surface area contributed by atoms with Crippen LogP contribution in [0, 0.1) is 5.41 Å². The van der Waals surface area contributed by atoms with Crippen LogP contribution in [0.1, 0.15) is 51.3 Å². The summed E-state index contributed by atoms with van der Waals surface area (Å²) in [6.45, 7) is 3.69. The van der Waals surface area contributed by atoms with Gasteiger partial charge in [-0.3, -0.25) is 9.67 Å². The van der Waals surface area contributed by atoms with E-state index in [9.17, 15) is 23.1 Å². The summed E-state index contributed by atoms with van der Waals surface area (Å²) in [6.07, 6.45) is -1.05. The van der Waals surface area contributed by atoms with Crippen LogP contribution in [0.5, 0.6) is 0 Å². The quantitative estimate of drug-likeness (QED) is 0.516. The largest absolute Gasteiger partial charge is 0.417 e. The fourth-order valence-corrected chi connectivity index (χ4v) is 4.41. The highest BCUT2D eigenvalue weighted by Crippen LogP contribution is 2.54. The fourth-order valence-electron chi connectivity index (χ4n) is 4.41. The molecule has 2 aromatic heterocycles. The van der Waals surface area contributed by atoms with Gasteiger partial charge in [0.2, 0.25) is 0 Å². The van der Waals surface area contributed by atoms with E-state index in [1.165, 1.54) is 4.90 Å². The van der Waals surface area contributed by atoms with E-state index in [1.807, 2.05) is 13.8 Å². The SMILES string of the molecule is CC(C)n1ncc2cnc(/C(N)=C(/C=N)NC(=O)N3CCC(O)(C(F)(F)F)CC34CC4)cc21. The zero-order valence-corrected chi connectivity index (χ0v) is 18.3. The van der Waals surface area contributed by atoms with Crippen molar-refractivity contribution >= 4 is 28.8 Å². The van der Waals surface area contributed by atoms with Gasteiger partial charge in [-0.25, -0.2) is 4.79 Å². The van der Waals surface area contributed by atoms with E-state index in [0.717, 1.165) is 17.1 Å². The summed E-state index contributed by atoms with van der Waals surface area (Å²) in [4.78, 5) is 18.6.